The van der Waals surface area contributed by atoms with E-state index in [1.807, 2.05) is 12.3 Å². The Labute approximate surface area is 200 Å². The fraction of sp³-hybridized carbons (Fsp3) is 0.533. The van der Waals surface area contributed by atoms with Gasteiger partial charge in [-0.3, -0.25) is 4.98 Å². The number of nitriles is 1. The second-order valence-electron chi connectivity index (χ2n) is 9.82. The first-order valence-electron chi connectivity index (χ1n) is 12.8. The van der Waals surface area contributed by atoms with Crippen molar-refractivity contribution in [3.63, 3.8) is 0 Å². The maximum Gasteiger partial charge on any atom is 0.102 e. The molecule has 0 amide bonds. The van der Waals surface area contributed by atoms with E-state index in [-0.39, 0.29) is 0 Å². The Morgan fingerprint density at radius 3 is 2.52 bits per heavy atom. The average Bonchev–Trinajstić information content (AvgIpc) is 2.86. The molecule has 3 heteroatoms. The number of halogens is 1. The highest BCUT2D eigenvalue weighted by Crippen LogP contribution is 2.46. The topological polar surface area (TPSA) is 36.7 Å². The van der Waals surface area contributed by atoms with Gasteiger partial charge in [0.05, 0.1) is 17.2 Å². The number of nitrogens with zero attached hydrogens (tertiary/aromatic N) is 2. The first kappa shape index (κ1) is 25.2. The monoisotopic (exact) mass is 446 g/mol. The number of pyridine rings is 1. The number of rotatable bonds is 12. The maximum absolute atomic E-state index is 14.4. The molecule has 1 heterocycles. The van der Waals surface area contributed by atoms with Crippen molar-refractivity contribution in [2.24, 2.45) is 5.41 Å². The molecular formula is C30H39FN2. The molecule has 3 rings (SSSR count). The zero-order valence-electron chi connectivity index (χ0n) is 20.2. The van der Waals surface area contributed by atoms with Crippen LogP contribution in [0.1, 0.15) is 94.6 Å². The van der Waals surface area contributed by atoms with Gasteiger partial charge >= 0.3 is 0 Å². The molecule has 1 aliphatic carbocycles. The number of unbranched alkanes of at least 4 members (excludes halogenated alkanes) is 3. The quantitative estimate of drug-likeness (QED) is 0.241. The van der Waals surface area contributed by atoms with Gasteiger partial charge in [-0.1, -0.05) is 56.2 Å². The molecule has 1 aromatic heterocycles. The highest BCUT2D eigenvalue weighted by atomic mass is 19.1. The van der Waals surface area contributed by atoms with Gasteiger partial charge in [0.25, 0.3) is 0 Å². The van der Waals surface area contributed by atoms with Crippen LogP contribution in [-0.2, 0) is 6.42 Å². The maximum atomic E-state index is 14.4. The van der Waals surface area contributed by atoms with Crippen molar-refractivity contribution < 1.29 is 4.39 Å². The molecule has 1 fully saturated rings. The van der Waals surface area contributed by atoms with Crippen LogP contribution in [0.4, 0.5) is 4.39 Å². The molecule has 0 saturated heterocycles. The van der Waals surface area contributed by atoms with Crippen molar-refractivity contribution in [1.29, 1.82) is 5.26 Å². The third-order valence-electron chi connectivity index (χ3n) is 7.29. The summed E-state index contributed by atoms with van der Waals surface area (Å²) in [5.41, 5.74) is 4.28. The van der Waals surface area contributed by atoms with Gasteiger partial charge in [-0.2, -0.15) is 5.26 Å². The van der Waals surface area contributed by atoms with Crippen LogP contribution in [-0.4, -0.2) is 11.2 Å². The van der Waals surface area contributed by atoms with Crippen LogP contribution < -0.4 is 0 Å². The standard InChI is InChI=1S/C30H39FN2/c1-3-5-7-8-9-24-11-16-29(33-22-24)27-14-12-25(13-15-27)26-17-19-30(23-32,20-18-26)21-28(31)10-6-4-2/h3,11-16,22,26,28H,1,4-10,17-21H2,2H3. The van der Waals surface area contributed by atoms with Gasteiger partial charge in [-0.05, 0) is 87.3 Å². The first-order valence-corrected chi connectivity index (χ1v) is 12.8. The summed E-state index contributed by atoms with van der Waals surface area (Å²) in [4.78, 5) is 4.68. The molecule has 0 radical (unpaired) electrons. The number of benzene rings is 1. The summed E-state index contributed by atoms with van der Waals surface area (Å²) in [6.07, 6.45) is 14.1. The van der Waals surface area contributed by atoms with Crippen LogP contribution >= 0.6 is 0 Å². The lowest BCUT2D eigenvalue weighted by molar-refractivity contribution is 0.158. The highest BCUT2D eigenvalue weighted by Gasteiger charge is 2.37. The second kappa shape index (κ2) is 12.7. The van der Waals surface area contributed by atoms with Crippen molar-refractivity contribution in [3.05, 3.63) is 66.4 Å². The Hall–Kier alpha value is -2.47. The van der Waals surface area contributed by atoms with Gasteiger partial charge in [-0.15, -0.1) is 6.58 Å². The molecule has 1 atom stereocenters. The molecular weight excluding hydrogens is 407 g/mol. The van der Waals surface area contributed by atoms with E-state index < -0.39 is 11.6 Å². The van der Waals surface area contributed by atoms with E-state index in [0.29, 0.717) is 18.8 Å². The van der Waals surface area contributed by atoms with Crippen molar-refractivity contribution >= 4 is 0 Å². The molecule has 2 nitrogen and oxygen atoms in total. The minimum absolute atomic E-state index is 0.408. The zero-order chi connectivity index (χ0) is 23.5. The van der Waals surface area contributed by atoms with Crippen molar-refractivity contribution in [2.45, 2.75) is 96.1 Å². The third kappa shape index (κ3) is 7.26. The van der Waals surface area contributed by atoms with Gasteiger partial charge in [0.1, 0.15) is 6.17 Å². The number of alkyl halides is 1. The fourth-order valence-corrected chi connectivity index (χ4v) is 5.10. The summed E-state index contributed by atoms with van der Waals surface area (Å²) in [5, 5.41) is 9.80. The minimum atomic E-state index is -0.841. The Balaban J connectivity index is 1.54. The predicted molar refractivity (Wildman–Crippen MR) is 136 cm³/mol. The Bertz CT molecular complexity index is 886. The van der Waals surface area contributed by atoms with Crippen molar-refractivity contribution in [1.82, 2.24) is 4.98 Å². The molecule has 1 unspecified atom stereocenters. The van der Waals surface area contributed by atoms with E-state index >= 15 is 0 Å². The van der Waals surface area contributed by atoms with Gasteiger partial charge in [0.2, 0.25) is 0 Å². The Morgan fingerprint density at radius 1 is 1.15 bits per heavy atom. The van der Waals surface area contributed by atoms with Crippen LogP contribution in [0, 0.1) is 16.7 Å². The molecule has 33 heavy (non-hydrogen) atoms. The average molecular weight is 447 g/mol. The number of allylic oxidation sites excluding steroid dienone is 1. The summed E-state index contributed by atoms with van der Waals surface area (Å²) in [7, 11) is 0. The van der Waals surface area contributed by atoms with Gasteiger partial charge in [0.15, 0.2) is 0 Å². The lowest BCUT2D eigenvalue weighted by Gasteiger charge is -2.36. The summed E-state index contributed by atoms with van der Waals surface area (Å²) >= 11 is 0. The first-order chi connectivity index (χ1) is 16.1. The van der Waals surface area contributed by atoms with Crippen LogP contribution in [0.15, 0.2) is 55.3 Å². The summed E-state index contributed by atoms with van der Waals surface area (Å²) in [6, 6.07) is 15.5. The number of aromatic nitrogens is 1. The molecule has 1 saturated carbocycles. The van der Waals surface area contributed by atoms with E-state index in [1.165, 1.54) is 24.0 Å². The van der Waals surface area contributed by atoms with Crippen molar-refractivity contribution in [2.75, 3.05) is 0 Å². The number of hydrogen-bond acceptors (Lipinski definition) is 2. The lowest BCUT2D eigenvalue weighted by atomic mass is 9.67. The summed E-state index contributed by atoms with van der Waals surface area (Å²) in [6.45, 7) is 5.86. The normalized spacial score (nSPS) is 21.3. The third-order valence-corrected chi connectivity index (χ3v) is 7.29. The molecule has 0 N–H and O–H groups in total. The molecule has 0 spiro atoms. The Morgan fingerprint density at radius 2 is 1.91 bits per heavy atom. The largest absolute Gasteiger partial charge is 0.256 e. The highest BCUT2D eigenvalue weighted by molar-refractivity contribution is 5.59. The van der Waals surface area contributed by atoms with Crippen LogP contribution in [0.5, 0.6) is 0 Å². The minimum Gasteiger partial charge on any atom is -0.256 e. The van der Waals surface area contributed by atoms with E-state index in [1.54, 1.807) is 0 Å². The zero-order valence-corrected chi connectivity index (χ0v) is 20.2. The van der Waals surface area contributed by atoms with E-state index in [2.05, 4.69) is 61.0 Å². The van der Waals surface area contributed by atoms with E-state index in [0.717, 1.165) is 62.6 Å². The van der Waals surface area contributed by atoms with Crippen molar-refractivity contribution in [3.8, 4) is 17.3 Å². The lowest BCUT2D eigenvalue weighted by Crippen LogP contribution is -2.28. The van der Waals surface area contributed by atoms with Gasteiger partial charge in [-0.25, -0.2) is 4.39 Å². The molecule has 0 bridgehead atoms. The van der Waals surface area contributed by atoms with E-state index in [4.69, 9.17) is 0 Å². The predicted octanol–water partition coefficient (Wildman–Crippen LogP) is 8.73. The SMILES string of the molecule is C=CCCCCc1ccc(-c2ccc(C3CCC(C#N)(CC(F)CCCC)CC3)cc2)nc1. The molecule has 1 aliphatic rings. The Kier molecular flexibility index (Phi) is 9.67. The van der Waals surface area contributed by atoms with Gasteiger partial charge in [0, 0.05) is 11.8 Å². The molecule has 2 aromatic rings. The summed E-state index contributed by atoms with van der Waals surface area (Å²) in [5.74, 6) is 0.458. The smallest absolute Gasteiger partial charge is 0.102 e. The van der Waals surface area contributed by atoms with Crippen LogP contribution in [0.3, 0.4) is 0 Å². The van der Waals surface area contributed by atoms with Crippen LogP contribution in [0.25, 0.3) is 11.3 Å². The van der Waals surface area contributed by atoms with E-state index in [9.17, 15) is 9.65 Å². The fourth-order valence-electron chi connectivity index (χ4n) is 5.10. The summed E-state index contributed by atoms with van der Waals surface area (Å²) < 4.78 is 14.4. The molecule has 0 aliphatic heterocycles. The second-order valence-corrected chi connectivity index (χ2v) is 9.82. The molecule has 1 aromatic carbocycles. The number of hydrogen-bond donors (Lipinski definition) is 0. The number of aryl methyl sites for hydroxylation is 1. The van der Waals surface area contributed by atoms with Crippen LogP contribution in [0.2, 0.25) is 0 Å². The van der Waals surface area contributed by atoms with Gasteiger partial charge < -0.3 is 0 Å². The molecule has 176 valence electrons.